The number of ether oxygens (including phenoxy) is 2. The molecule has 0 unspecified atom stereocenters. The third-order valence-corrected chi connectivity index (χ3v) is 6.30. The van der Waals surface area contributed by atoms with Crippen LogP contribution in [0.4, 0.5) is 0 Å². The van der Waals surface area contributed by atoms with Gasteiger partial charge in [-0.25, -0.2) is 0 Å². The van der Waals surface area contributed by atoms with E-state index >= 15 is 0 Å². The van der Waals surface area contributed by atoms with Crippen LogP contribution in [0.3, 0.4) is 0 Å². The predicted octanol–water partition coefficient (Wildman–Crippen LogP) is 3.12. The molecule has 132 valence electrons. The maximum Gasteiger partial charge on any atom is 0.161 e. The SMILES string of the molecule is C=CCc1ccc(OCc2ccccc2[SiH2]c2ccccc2)c(OC)c1. The molecule has 0 saturated heterocycles. The van der Waals surface area contributed by atoms with Crippen molar-refractivity contribution in [2.75, 3.05) is 7.11 Å². The molecule has 0 heterocycles. The highest BCUT2D eigenvalue weighted by Crippen LogP contribution is 2.29. The second kappa shape index (κ2) is 9.06. The molecule has 0 amide bonds. The van der Waals surface area contributed by atoms with Crippen LogP contribution < -0.4 is 19.8 Å². The zero-order valence-corrected chi connectivity index (χ0v) is 16.6. The van der Waals surface area contributed by atoms with Crippen molar-refractivity contribution in [2.45, 2.75) is 13.0 Å². The lowest BCUT2D eigenvalue weighted by Gasteiger charge is -2.14. The molecule has 0 radical (unpaired) electrons. The average Bonchev–Trinajstić information content (AvgIpc) is 2.69. The van der Waals surface area contributed by atoms with E-state index in [2.05, 4.69) is 67.2 Å². The molecule has 3 heteroatoms. The van der Waals surface area contributed by atoms with Crippen LogP contribution in [0.2, 0.25) is 0 Å². The van der Waals surface area contributed by atoms with E-state index in [1.807, 2.05) is 18.2 Å². The van der Waals surface area contributed by atoms with Crippen LogP contribution in [0.1, 0.15) is 11.1 Å². The average molecular weight is 361 g/mol. The van der Waals surface area contributed by atoms with Gasteiger partial charge in [-0.2, -0.15) is 0 Å². The van der Waals surface area contributed by atoms with Gasteiger partial charge in [0.05, 0.1) is 16.6 Å². The number of hydrogen-bond donors (Lipinski definition) is 0. The monoisotopic (exact) mass is 360 g/mol. The van der Waals surface area contributed by atoms with E-state index in [4.69, 9.17) is 9.47 Å². The standard InChI is InChI=1S/C23H24O2Si/c1-3-9-18-14-15-21(22(16-18)24-2)25-17-19-10-7-8-13-23(19)26-20-11-5-4-6-12-20/h3-8,10-16H,1,9,17,26H2,2H3. The Balaban J connectivity index is 1.75. The highest BCUT2D eigenvalue weighted by atomic mass is 28.2. The van der Waals surface area contributed by atoms with Crippen LogP contribution in [0, 0.1) is 0 Å². The van der Waals surface area contributed by atoms with Crippen molar-refractivity contribution < 1.29 is 9.47 Å². The van der Waals surface area contributed by atoms with E-state index in [1.54, 1.807) is 7.11 Å². The summed E-state index contributed by atoms with van der Waals surface area (Å²) in [4.78, 5) is 0. The van der Waals surface area contributed by atoms with Gasteiger partial charge < -0.3 is 9.47 Å². The van der Waals surface area contributed by atoms with Gasteiger partial charge in [-0.1, -0.05) is 77.1 Å². The molecule has 3 aromatic rings. The normalized spacial score (nSPS) is 10.8. The molecule has 3 aromatic carbocycles. The van der Waals surface area contributed by atoms with Crippen molar-refractivity contribution in [3.8, 4) is 11.5 Å². The molecular weight excluding hydrogens is 336 g/mol. The van der Waals surface area contributed by atoms with Crippen LogP contribution in [0.5, 0.6) is 11.5 Å². The molecule has 0 N–H and O–H groups in total. The van der Waals surface area contributed by atoms with Gasteiger partial charge in [-0.15, -0.1) is 6.58 Å². The fraction of sp³-hybridized carbons (Fsp3) is 0.130. The van der Waals surface area contributed by atoms with Gasteiger partial charge in [-0.3, -0.25) is 0 Å². The largest absolute Gasteiger partial charge is 0.493 e. The Hall–Kier alpha value is -2.78. The highest BCUT2D eigenvalue weighted by molar-refractivity contribution is 6.67. The fourth-order valence-corrected chi connectivity index (χ4v) is 4.62. The Labute approximate surface area is 157 Å². The molecule has 0 aliphatic heterocycles. The topological polar surface area (TPSA) is 18.5 Å². The van der Waals surface area contributed by atoms with Gasteiger partial charge in [0.2, 0.25) is 0 Å². The van der Waals surface area contributed by atoms with Gasteiger partial charge in [0.15, 0.2) is 11.5 Å². The van der Waals surface area contributed by atoms with Crippen molar-refractivity contribution in [1.29, 1.82) is 0 Å². The number of allylic oxidation sites excluding steroid dienone is 1. The van der Waals surface area contributed by atoms with Crippen molar-refractivity contribution in [2.24, 2.45) is 0 Å². The van der Waals surface area contributed by atoms with Gasteiger partial charge >= 0.3 is 0 Å². The first-order valence-electron chi connectivity index (χ1n) is 8.81. The second-order valence-electron chi connectivity index (χ2n) is 6.20. The summed E-state index contributed by atoms with van der Waals surface area (Å²) in [6.07, 6.45) is 2.71. The van der Waals surface area contributed by atoms with Crippen molar-refractivity contribution >= 4 is 19.9 Å². The lowest BCUT2D eigenvalue weighted by molar-refractivity contribution is 0.285. The van der Waals surface area contributed by atoms with Gasteiger partial charge in [0.1, 0.15) is 6.61 Å². The van der Waals surface area contributed by atoms with Crippen LogP contribution in [0.25, 0.3) is 0 Å². The number of benzene rings is 3. The van der Waals surface area contributed by atoms with Crippen LogP contribution >= 0.6 is 0 Å². The quantitative estimate of drug-likeness (QED) is 0.454. The lowest BCUT2D eigenvalue weighted by atomic mass is 10.1. The van der Waals surface area contributed by atoms with Gasteiger partial charge in [-0.05, 0) is 29.7 Å². The number of methoxy groups -OCH3 is 1. The third kappa shape index (κ3) is 4.64. The number of hydrogen-bond acceptors (Lipinski definition) is 2. The molecule has 0 bridgehead atoms. The first kappa shape index (κ1) is 18.0. The molecule has 0 spiro atoms. The summed E-state index contributed by atoms with van der Waals surface area (Å²) < 4.78 is 11.6. The summed E-state index contributed by atoms with van der Waals surface area (Å²) in [5.41, 5.74) is 2.42. The molecule has 0 saturated carbocycles. The molecular formula is C23H24O2Si. The van der Waals surface area contributed by atoms with Crippen LogP contribution in [0.15, 0.2) is 85.5 Å². The summed E-state index contributed by atoms with van der Waals surface area (Å²) in [6, 6.07) is 25.3. The Morgan fingerprint density at radius 2 is 1.69 bits per heavy atom. The van der Waals surface area contributed by atoms with E-state index in [-0.39, 0.29) is 0 Å². The summed E-state index contributed by atoms with van der Waals surface area (Å²) >= 11 is 0. The van der Waals surface area contributed by atoms with Gasteiger partial charge in [0.25, 0.3) is 0 Å². The maximum atomic E-state index is 6.10. The fourth-order valence-electron chi connectivity index (χ4n) is 2.97. The Kier molecular flexibility index (Phi) is 6.28. The smallest absolute Gasteiger partial charge is 0.161 e. The Morgan fingerprint density at radius 3 is 2.46 bits per heavy atom. The Morgan fingerprint density at radius 1 is 0.923 bits per heavy atom. The van der Waals surface area contributed by atoms with Crippen LogP contribution in [-0.2, 0) is 13.0 Å². The molecule has 26 heavy (non-hydrogen) atoms. The minimum atomic E-state index is -0.514. The lowest BCUT2D eigenvalue weighted by Crippen LogP contribution is -2.30. The zero-order valence-electron chi connectivity index (χ0n) is 15.2. The van der Waals surface area contributed by atoms with E-state index < -0.39 is 9.52 Å². The highest BCUT2D eigenvalue weighted by Gasteiger charge is 2.08. The molecule has 0 aliphatic rings. The van der Waals surface area contributed by atoms with Gasteiger partial charge in [0, 0.05) is 0 Å². The molecule has 3 rings (SSSR count). The van der Waals surface area contributed by atoms with E-state index in [1.165, 1.54) is 21.5 Å². The first-order valence-corrected chi connectivity index (χ1v) is 10.2. The molecule has 2 nitrogen and oxygen atoms in total. The van der Waals surface area contributed by atoms with E-state index in [0.29, 0.717) is 6.61 Å². The van der Waals surface area contributed by atoms with E-state index in [0.717, 1.165) is 17.9 Å². The first-order chi connectivity index (χ1) is 12.8. The molecule has 0 fully saturated rings. The van der Waals surface area contributed by atoms with Crippen molar-refractivity contribution in [3.05, 3.63) is 96.6 Å². The minimum Gasteiger partial charge on any atom is -0.493 e. The Bertz CT molecular complexity index is 859. The minimum absolute atomic E-state index is 0.514. The third-order valence-electron chi connectivity index (χ3n) is 4.35. The van der Waals surface area contributed by atoms with Crippen molar-refractivity contribution in [1.82, 2.24) is 0 Å². The molecule has 0 atom stereocenters. The summed E-state index contributed by atoms with van der Waals surface area (Å²) in [5, 5.41) is 2.85. The zero-order chi connectivity index (χ0) is 18.2. The number of rotatable bonds is 8. The predicted molar refractivity (Wildman–Crippen MR) is 112 cm³/mol. The summed E-state index contributed by atoms with van der Waals surface area (Å²) in [5.74, 6) is 1.54. The summed E-state index contributed by atoms with van der Waals surface area (Å²) in [6.45, 7) is 4.33. The molecule has 0 aromatic heterocycles. The summed E-state index contributed by atoms with van der Waals surface area (Å²) in [7, 11) is 1.16. The maximum absolute atomic E-state index is 6.10. The second-order valence-corrected chi connectivity index (χ2v) is 8.13. The van der Waals surface area contributed by atoms with E-state index in [9.17, 15) is 0 Å². The molecule has 0 aliphatic carbocycles. The van der Waals surface area contributed by atoms with Crippen molar-refractivity contribution in [3.63, 3.8) is 0 Å². The van der Waals surface area contributed by atoms with Crippen LogP contribution in [-0.4, -0.2) is 16.6 Å².